The molecule has 0 radical (unpaired) electrons. The Balaban J connectivity index is 1.53. The molecule has 1 fully saturated rings. The van der Waals surface area contributed by atoms with Gasteiger partial charge in [0.25, 0.3) is 5.91 Å². The number of nitrogens with one attached hydrogen (secondary N) is 1. The molecule has 2 heterocycles. The van der Waals surface area contributed by atoms with Crippen molar-refractivity contribution in [2.24, 2.45) is 0 Å². The van der Waals surface area contributed by atoms with Crippen LogP contribution < -0.4 is 5.32 Å². The van der Waals surface area contributed by atoms with Crippen LogP contribution in [0.1, 0.15) is 12.5 Å². The van der Waals surface area contributed by atoms with Crippen LogP contribution in [0, 0.1) is 0 Å². The van der Waals surface area contributed by atoms with E-state index in [0.29, 0.717) is 31.0 Å². The van der Waals surface area contributed by atoms with E-state index in [4.69, 9.17) is 28.4 Å². The number of aromatic nitrogens is 2. The number of benzene rings is 2. The number of thiocarbonyl (C=S) groups is 1. The molecule has 146 valence electrons. The van der Waals surface area contributed by atoms with Gasteiger partial charge < -0.3 is 5.32 Å². The van der Waals surface area contributed by atoms with Gasteiger partial charge >= 0.3 is 0 Å². The lowest BCUT2D eigenvalue weighted by Gasteiger charge is -2.22. The first-order chi connectivity index (χ1) is 13.9. The van der Waals surface area contributed by atoms with E-state index in [1.165, 1.54) is 4.90 Å². The fraction of sp³-hybridized carbons (Fsp3) is 0.105. The van der Waals surface area contributed by atoms with E-state index >= 15 is 0 Å². The second-order valence-corrected chi connectivity index (χ2v) is 8.32. The van der Waals surface area contributed by atoms with Crippen molar-refractivity contribution in [1.82, 2.24) is 15.2 Å². The maximum atomic E-state index is 12.9. The van der Waals surface area contributed by atoms with E-state index in [2.05, 4.69) is 15.6 Å². The van der Waals surface area contributed by atoms with Crippen LogP contribution in [0.5, 0.6) is 0 Å². The van der Waals surface area contributed by atoms with Gasteiger partial charge in [-0.25, -0.2) is 4.63 Å². The van der Waals surface area contributed by atoms with Crippen molar-refractivity contribution in [3.63, 3.8) is 0 Å². The molecular weight excluding hydrogens is 432 g/mol. The summed E-state index contributed by atoms with van der Waals surface area (Å²) in [6.07, 6.45) is 1.72. The van der Waals surface area contributed by atoms with Crippen LogP contribution >= 0.6 is 35.6 Å². The maximum absolute atomic E-state index is 12.9. The predicted octanol–water partition coefficient (Wildman–Crippen LogP) is 4.10. The minimum absolute atomic E-state index is 0.319. The van der Waals surface area contributed by atoms with E-state index < -0.39 is 11.9 Å². The number of hydrogen-bond acceptors (Lipinski definition) is 7. The Hall–Kier alpha value is -2.75. The molecule has 1 aliphatic rings. The molecule has 1 aliphatic heterocycles. The molecule has 0 aliphatic carbocycles. The van der Waals surface area contributed by atoms with Crippen molar-refractivity contribution in [2.45, 2.75) is 13.0 Å². The Kier molecular flexibility index (Phi) is 5.35. The molecule has 0 bridgehead atoms. The number of thioether (sulfide) groups is 1. The van der Waals surface area contributed by atoms with Gasteiger partial charge in [0.2, 0.25) is 5.91 Å². The summed E-state index contributed by atoms with van der Waals surface area (Å²) in [5, 5.41) is 10.9. The second-order valence-electron chi connectivity index (χ2n) is 6.21. The predicted molar refractivity (Wildman–Crippen MR) is 116 cm³/mol. The number of rotatable bonds is 4. The molecule has 0 spiro atoms. The van der Waals surface area contributed by atoms with Crippen LogP contribution in [0.4, 0.5) is 5.69 Å². The zero-order valence-electron chi connectivity index (χ0n) is 15.0. The van der Waals surface area contributed by atoms with Crippen molar-refractivity contribution in [1.29, 1.82) is 0 Å². The van der Waals surface area contributed by atoms with Gasteiger partial charge in [0.05, 0.1) is 10.6 Å². The molecule has 7 nitrogen and oxygen atoms in total. The minimum atomic E-state index is -0.811. The van der Waals surface area contributed by atoms with Crippen LogP contribution in [0.2, 0.25) is 5.02 Å². The van der Waals surface area contributed by atoms with Gasteiger partial charge in [-0.15, -0.1) is 0 Å². The highest BCUT2D eigenvalue weighted by molar-refractivity contribution is 8.26. The molecule has 3 aromatic rings. The number of hydrogen-bond donors (Lipinski definition) is 1. The molecule has 2 amide bonds. The first-order valence-electron chi connectivity index (χ1n) is 8.49. The van der Waals surface area contributed by atoms with Gasteiger partial charge in [0, 0.05) is 5.02 Å². The summed E-state index contributed by atoms with van der Waals surface area (Å²) in [5.74, 6) is -0.719. The SMILES string of the molecule is CC(C(=O)Nc1cccc2nonc12)N1C(=O)C(=Cc2ccc(Cl)cc2)SC1=S. The molecule has 10 heteroatoms. The maximum Gasteiger partial charge on any atom is 0.266 e. The average molecular weight is 445 g/mol. The quantitative estimate of drug-likeness (QED) is 0.478. The molecule has 1 unspecified atom stereocenters. The summed E-state index contributed by atoms with van der Waals surface area (Å²) in [6, 6.07) is 11.4. The van der Waals surface area contributed by atoms with Gasteiger partial charge in [-0.1, -0.05) is 53.8 Å². The highest BCUT2D eigenvalue weighted by Gasteiger charge is 2.38. The second kappa shape index (κ2) is 7.94. The first-order valence-corrected chi connectivity index (χ1v) is 10.1. The lowest BCUT2D eigenvalue weighted by atomic mass is 10.2. The van der Waals surface area contributed by atoms with Crippen LogP contribution in [0.3, 0.4) is 0 Å². The van der Waals surface area contributed by atoms with E-state index in [1.807, 2.05) is 0 Å². The van der Waals surface area contributed by atoms with E-state index in [-0.39, 0.29) is 5.91 Å². The Labute approximate surface area is 180 Å². The molecule has 29 heavy (non-hydrogen) atoms. The van der Waals surface area contributed by atoms with Gasteiger partial charge in [-0.3, -0.25) is 14.5 Å². The highest BCUT2D eigenvalue weighted by atomic mass is 35.5. The molecule has 1 atom stereocenters. The fourth-order valence-corrected chi connectivity index (χ4v) is 4.33. The number of nitrogens with zero attached hydrogens (tertiary/aromatic N) is 3. The number of carbonyl (C=O) groups is 2. The zero-order chi connectivity index (χ0) is 20.5. The smallest absolute Gasteiger partial charge is 0.266 e. The Morgan fingerprint density at radius 2 is 2.03 bits per heavy atom. The van der Waals surface area contributed by atoms with Crippen molar-refractivity contribution in [2.75, 3.05) is 5.32 Å². The average Bonchev–Trinajstić information content (AvgIpc) is 3.28. The van der Waals surface area contributed by atoms with E-state index in [0.717, 1.165) is 17.3 Å². The van der Waals surface area contributed by atoms with Crippen molar-refractivity contribution in [3.8, 4) is 0 Å². The number of anilines is 1. The van der Waals surface area contributed by atoms with Crippen molar-refractivity contribution in [3.05, 3.63) is 58.0 Å². The summed E-state index contributed by atoms with van der Waals surface area (Å²) in [6.45, 7) is 1.62. The lowest BCUT2D eigenvalue weighted by molar-refractivity contribution is -0.129. The van der Waals surface area contributed by atoms with Crippen LogP contribution in [0.25, 0.3) is 17.1 Å². The summed E-state index contributed by atoms with van der Waals surface area (Å²) >= 11 is 12.4. The topological polar surface area (TPSA) is 88.3 Å². The van der Waals surface area contributed by atoms with Gasteiger partial charge in [0.1, 0.15) is 15.9 Å². The van der Waals surface area contributed by atoms with Crippen LogP contribution in [-0.4, -0.2) is 37.4 Å². The molecule has 2 aromatic carbocycles. The number of halogens is 1. The zero-order valence-corrected chi connectivity index (χ0v) is 17.3. The Bertz CT molecular complexity index is 1160. The lowest BCUT2D eigenvalue weighted by Crippen LogP contribution is -2.44. The Morgan fingerprint density at radius 1 is 1.28 bits per heavy atom. The number of amides is 2. The number of carbonyl (C=O) groups excluding carboxylic acids is 2. The monoisotopic (exact) mass is 444 g/mol. The van der Waals surface area contributed by atoms with E-state index in [9.17, 15) is 9.59 Å². The summed E-state index contributed by atoms with van der Waals surface area (Å²) < 4.78 is 5.02. The molecule has 1 aromatic heterocycles. The highest BCUT2D eigenvalue weighted by Crippen LogP contribution is 2.34. The Morgan fingerprint density at radius 3 is 2.79 bits per heavy atom. The first kappa shape index (κ1) is 19.6. The standard InChI is InChI=1S/C19H13ClN4O3S2/c1-10(17(25)21-13-3-2-4-14-16(13)23-27-22-14)24-18(26)15(29-19(24)28)9-11-5-7-12(20)8-6-11/h2-10H,1H3,(H,21,25). The van der Waals surface area contributed by atoms with Gasteiger partial charge in [-0.05, 0) is 53.1 Å². The summed E-state index contributed by atoms with van der Waals surface area (Å²) in [4.78, 5) is 27.4. The third-order valence-corrected chi connectivity index (χ3v) is 5.88. The van der Waals surface area contributed by atoms with Crippen LogP contribution in [-0.2, 0) is 9.59 Å². The van der Waals surface area contributed by atoms with Crippen molar-refractivity contribution < 1.29 is 14.2 Å². The molecule has 0 saturated carbocycles. The van der Waals surface area contributed by atoms with Gasteiger partial charge in [0.15, 0.2) is 5.52 Å². The molecular formula is C19H13ClN4O3S2. The minimum Gasteiger partial charge on any atom is -0.322 e. The fourth-order valence-electron chi connectivity index (χ4n) is 2.79. The van der Waals surface area contributed by atoms with E-state index in [1.54, 1.807) is 55.5 Å². The molecule has 1 saturated heterocycles. The van der Waals surface area contributed by atoms with Crippen LogP contribution in [0.15, 0.2) is 52.0 Å². The van der Waals surface area contributed by atoms with Crippen molar-refractivity contribution >= 4 is 74.5 Å². The third kappa shape index (κ3) is 3.89. The molecule has 4 rings (SSSR count). The third-order valence-electron chi connectivity index (χ3n) is 4.30. The summed E-state index contributed by atoms with van der Waals surface area (Å²) in [7, 11) is 0. The summed E-state index contributed by atoms with van der Waals surface area (Å²) in [5.41, 5.74) is 2.22. The normalized spacial score (nSPS) is 16.6. The van der Waals surface area contributed by atoms with Gasteiger partial charge in [-0.2, -0.15) is 0 Å². The molecule has 1 N–H and O–H groups in total. The number of fused-ring (bicyclic) bond motifs is 1. The largest absolute Gasteiger partial charge is 0.322 e.